The minimum atomic E-state index is -4.04. The molecule has 12 nitrogen and oxygen atoms in total. The molecule has 4 fully saturated rings. The van der Waals surface area contributed by atoms with Gasteiger partial charge in [0, 0.05) is 45.2 Å². The number of hydrogen-bond donors (Lipinski definition) is 1. The highest BCUT2D eigenvalue weighted by Crippen LogP contribution is 2.44. The Morgan fingerprint density at radius 3 is 2.55 bits per heavy atom. The van der Waals surface area contributed by atoms with Gasteiger partial charge in [-0.25, -0.2) is 28.6 Å². The van der Waals surface area contributed by atoms with Crippen molar-refractivity contribution in [1.82, 2.24) is 28.7 Å². The van der Waals surface area contributed by atoms with Crippen LogP contribution >= 0.6 is 0 Å². The number of benzene rings is 1. The zero-order valence-electron chi connectivity index (χ0n) is 25.0. The zero-order valence-corrected chi connectivity index (χ0v) is 25.8. The maximum absolute atomic E-state index is 13.9. The summed E-state index contributed by atoms with van der Waals surface area (Å²) in [5.41, 5.74) is 2.81. The lowest BCUT2D eigenvalue weighted by Gasteiger charge is -2.42. The van der Waals surface area contributed by atoms with Crippen molar-refractivity contribution in [2.24, 2.45) is 5.92 Å². The average molecular weight is 628 g/mol. The standard InChI is InChI=1S/C30H38FN7O5S/c1-35(2)44(40,41)34-30(39)24-16-26(36-13-11-25-20(17-36)10-14-37(25)23-12-15-42-43-18-23)27-28(19-4-3-5-19)33-38(29(27)32-24)22-8-6-21(31)7-9-22/h6-9,16,19-20,23,25H,3-5,10-15,17-18H2,1-2H3,(H,34,39). The Morgan fingerprint density at radius 2 is 1.86 bits per heavy atom. The molecule has 3 saturated heterocycles. The van der Waals surface area contributed by atoms with Crippen LogP contribution in [0.2, 0.25) is 0 Å². The monoisotopic (exact) mass is 627 g/mol. The van der Waals surface area contributed by atoms with E-state index in [0.717, 1.165) is 79.2 Å². The lowest BCUT2D eigenvalue weighted by Crippen LogP contribution is -2.51. The van der Waals surface area contributed by atoms with Crippen molar-refractivity contribution in [2.45, 2.75) is 56.5 Å². The lowest BCUT2D eigenvalue weighted by atomic mass is 9.81. The van der Waals surface area contributed by atoms with Crippen molar-refractivity contribution in [3.05, 3.63) is 47.5 Å². The highest BCUT2D eigenvalue weighted by atomic mass is 32.2. The number of carbonyl (C=O) groups excluding carboxylic acids is 1. The number of likely N-dealkylation sites (tertiary alicyclic amines) is 1. The number of rotatable bonds is 7. The molecule has 0 radical (unpaired) electrons. The van der Waals surface area contributed by atoms with Gasteiger partial charge in [-0.15, -0.1) is 0 Å². The molecule has 3 aromatic rings. The van der Waals surface area contributed by atoms with Crippen LogP contribution in [0.5, 0.6) is 0 Å². The van der Waals surface area contributed by atoms with E-state index in [1.807, 2.05) is 0 Å². The van der Waals surface area contributed by atoms with Crippen molar-refractivity contribution < 1.29 is 27.4 Å². The number of halogens is 1. The van der Waals surface area contributed by atoms with E-state index in [9.17, 15) is 17.6 Å². The number of pyridine rings is 1. The summed E-state index contributed by atoms with van der Waals surface area (Å²) < 4.78 is 43.8. The second-order valence-electron chi connectivity index (χ2n) is 12.5. The first kappa shape index (κ1) is 29.5. The van der Waals surface area contributed by atoms with E-state index in [-0.39, 0.29) is 17.4 Å². The summed E-state index contributed by atoms with van der Waals surface area (Å²) in [6, 6.07) is 8.52. The number of hydrogen-bond acceptors (Lipinski definition) is 9. The van der Waals surface area contributed by atoms with E-state index in [2.05, 4.69) is 14.5 Å². The van der Waals surface area contributed by atoms with Gasteiger partial charge in [0.2, 0.25) is 0 Å². The number of piperidine rings is 1. The maximum atomic E-state index is 13.9. The van der Waals surface area contributed by atoms with E-state index in [1.165, 1.54) is 26.2 Å². The molecule has 3 atom stereocenters. The molecule has 3 aliphatic heterocycles. The molecule has 0 spiro atoms. The topological polar surface area (TPSA) is 122 Å². The fourth-order valence-electron chi connectivity index (χ4n) is 7.09. The maximum Gasteiger partial charge on any atom is 0.303 e. The molecule has 1 aliphatic carbocycles. The molecule has 0 bridgehead atoms. The van der Waals surface area contributed by atoms with Gasteiger partial charge in [-0.1, -0.05) is 6.42 Å². The third-order valence-corrected chi connectivity index (χ3v) is 11.1. The van der Waals surface area contributed by atoms with Gasteiger partial charge in [0.25, 0.3) is 5.91 Å². The van der Waals surface area contributed by atoms with Crippen LogP contribution in [0.4, 0.5) is 10.1 Å². The van der Waals surface area contributed by atoms with Crippen LogP contribution in [0.25, 0.3) is 16.7 Å². The molecule has 1 N–H and O–H groups in total. The summed E-state index contributed by atoms with van der Waals surface area (Å²) in [6.07, 6.45) is 6.09. The van der Waals surface area contributed by atoms with Gasteiger partial charge in [0.05, 0.1) is 35.7 Å². The van der Waals surface area contributed by atoms with Crippen molar-refractivity contribution in [2.75, 3.05) is 51.8 Å². The predicted molar refractivity (Wildman–Crippen MR) is 161 cm³/mol. The SMILES string of the molecule is CN(C)S(=O)(=O)NC(=O)c1cc(N2CCC3C(CCN3C3CCOOC3)C2)c2c(C3CCC3)nn(-c3ccc(F)cc3)c2n1. The van der Waals surface area contributed by atoms with Gasteiger partial charge in [0.1, 0.15) is 11.5 Å². The van der Waals surface area contributed by atoms with Crippen LogP contribution in [0.1, 0.15) is 60.6 Å². The second-order valence-corrected chi connectivity index (χ2v) is 14.4. The fourth-order valence-corrected chi connectivity index (χ4v) is 7.61. The van der Waals surface area contributed by atoms with Crippen molar-refractivity contribution in [3.63, 3.8) is 0 Å². The van der Waals surface area contributed by atoms with Crippen molar-refractivity contribution >= 4 is 32.8 Å². The first-order valence-electron chi connectivity index (χ1n) is 15.4. The molecular formula is C30H38FN7O5S. The Labute approximate surface area is 256 Å². The fraction of sp³-hybridized carbons (Fsp3) is 0.567. The Bertz CT molecular complexity index is 1650. The third kappa shape index (κ3) is 5.36. The van der Waals surface area contributed by atoms with Gasteiger partial charge in [-0.3, -0.25) is 9.69 Å². The Hall–Kier alpha value is -3.17. The average Bonchev–Trinajstić information content (AvgIpc) is 3.58. The Balaban J connectivity index is 1.31. The second kappa shape index (κ2) is 11.6. The van der Waals surface area contributed by atoms with E-state index >= 15 is 0 Å². The van der Waals surface area contributed by atoms with Crippen LogP contribution in [0.3, 0.4) is 0 Å². The van der Waals surface area contributed by atoms with Gasteiger partial charge >= 0.3 is 10.2 Å². The predicted octanol–water partition coefficient (Wildman–Crippen LogP) is 2.98. The molecule has 44 heavy (non-hydrogen) atoms. The number of fused-ring (bicyclic) bond motifs is 2. The minimum Gasteiger partial charge on any atom is -0.370 e. The number of anilines is 1. The number of amides is 1. The molecule has 1 saturated carbocycles. The van der Waals surface area contributed by atoms with Crippen molar-refractivity contribution in [1.29, 1.82) is 0 Å². The largest absolute Gasteiger partial charge is 0.370 e. The van der Waals surface area contributed by atoms with E-state index in [4.69, 9.17) is 19.9 Å². The van der Waals surface area contributed by atoms with E-state index in [0.29, 0.717) is 42.5 Å². The number of carbonyl (C=O) groups is 1. The van der Waals surface area contributed by atoms with Crippen LogP contribution in [-0.2, 0) is 20.0 Å². The Kier molecular flexibility index (Phi) is 7.81. The molecule has 2 aromatic heterocycles. The third-order valence-electron chi connectivity index (χ3n) is 9.71. The summed E-state index contributed by atoms with van der Waals surface area (Å²) in [5, 5.41) is 5.89. The summed E-state index contributed by atoms with van der Waals surface area (Å²) >= 11 is 0. The highest BCUT2D eigenvalue weighted by Gasteiger charge is 2.42. The number of aromatic nitrogens is 3. The molecule has 7 rings (SSSR count). The molecule has 1 aromatic carbocycles. The first-order valence-corrected chi connectivity index (χ1v) is 16.8. The van der Waals surface area contributed by atoms with Crippen LogP contribution in [0.15, 0.2) is 30.3 Å². The minimum absolute atomic E-state index is 0.0177. The molecule has 236 valence electrons. The van der Waals surface area contributed by atoms with Gasteiger partial charge in [0.15, 0.2) is 5.65 Å². The van der Waals surface area contributed by atoms with Crippen LogP contribution in [0, 0.1) is 11.7 Å². The van der Waals surface area contributed by atoms with Gasteiger partial charge in [-0.05, 0) is 74.9 Å². The summed E-state index contributed by atoms with van der Waals surface area (Å²) in [5.74, 6) is -0.504. The highest BCUT2D eigenvalue weighted by molar-refractivity contribution is 7.87. The lowest BCUT2D eigenvalue weighted by molar-refractivity contribution is -0.325. The van der Waals surface area contributed by atoms with E-state index < -0.39 is 16.1 Å². The summed E-state index contributed by atoms with van der Waals surface area (Å²) in [6.45, 7) is 3.77. The zero-order chi connectivity index (χ0) is 30.6. The smallest absolute Gasteiger partial charge is 0.303 e. The molecule has 5 heterocycles. The normalized spacial score (nSPS) is 24.9. The first-order chi connectivity index (χ1) is 21.2. The molecule has 1 amide bonds. The Morgan fingerprint density at radius 1 is 1.07 bits per heavy atom. The molecule has 4 aliphatic rings. The molecule has 14 heteroatoms. The van der Waals surface area contributed by atoms with Gasteiger partial charge < -0.3 is 4.90 Å². The summed E-state index contributed by atoms with van der Waals surface area (Å²) in [4.78, 5) is 33.5. The van der Waals surface area contributed by atoms with Crippen LogP contribution in [-0.4, -0.2) is 97.3 Å². The molecule has 3 unspecified atom stereocenters. The number of nitrogens with one attached hydrogen (secondary N) is 1. The van der Waals surface area contributed by atoms with Crippen LogP contribution < -0.4 is 9.62 Å². The molecular weight excluding hydrogens is 589 g/mol. The van der Waals surface area contributed by atoms with E-state index in [1.54, 1.807) is 22.9 Å². The van der Waals surface area contributed by atoms with Gasteiger partial charge in [-0.2, -0.15) is 17.8 Å². The number of nitrogens with zero attached hydrogens (tertiary/aromatic N) is 6. The van der Waals surface area contributed by atoms with Crippen molar-refractivity contribution in [3.8, 4) is 5.69 Å². The summed E-state index contributed by atoms with van der Waals surface area (Å²) in [7, 11) is -1.33. The quantitative estimate of drug-likeness (QED) is 0.394.